The Kier molecular flexibility index (Phi) is 4.95. The van der Waals surface area contributed by atoms with Crippen LogP contribution in [0.4, 0.5) is 0 Å². The summed E-state index contributed by atoms with van der Waals surface area (Å²) in [6.07, 6.45) is 7.63. The topological polar surface area (TPSA) is 20.3 Å². The van der Waals surface area contributed by atoms with Gasteiger partial charge in [-0.2, -0.15) is 0 Å². The number of carbonyl (C=O) groups is 1. The summed E-state index contributed by atoms with van der Waals surface area (Å²) in [6, 6.07) is 4.85. The van der Waals surface area contributed by atoms with E-state index >= 15 is 0 Å². The Labute approximate surface area is 145 Å². The Balaban J connectivity index is 2.08. The van der Waals surface area contributed by atoms with E-state index in [1.54, 1.807) is 3.58 Å². The first-order chi connectivity index (χ1) is 10.8. The standard InChI is InChI=1S/C17H22NO.3CH3.Sn/c1-18(2)16-11-14-9-8-13(10-15(14)17(16)19)12-6-4-3-5-7-12;;;;/h8,10,12,16H,3-7,11H2,1-2H3;3*1H3;. The molecule has 0 N–H and O–H groups in total. The van der Waals surface area contributed by atoms with Crippen molar-refractivity contribution in [3.63, 3.8) is 0 Å². The zero-order chi connectivity index (χ0) is 16.8. The van der Waals surface area contributed by atoms with Gasteiger partial charge in [-0.05, 0) is 0 Å². The van der Waals surface area contributed by atoms with Crippen LogP contribution in [0.5, 0.6) is 0 Å². The van der Waals surface area contributed by atoms with Crippen molar-refractivity contribution in [3.8, 4) is 0 Å². The van der Waals surface area contributed by atoms with E-state index in [9.17, 15) is 4.79 Å². The summed E-state index contributed by atoms with van der Waals surface area (Å²) in [4.78, 5) is 22.5. The molecule has 0 saturated heterocycles. The average molecular weight is 420 g/mol. The molecule has 0 heterocycles. The van der Waals surface area contributed by atoms with Crippen molar-refractivity contribution in [2.24, 2.45) is 0 Å². The van der Waals surface area contributed by atoms with E-state index in [1.165, 1.54) is 43.2 Å². The Morgan fingerprint density at radius 3 is 2.26 bits per heavy atom. The fourth-order valence-electron chi connectivity index (χ4n) is 4.36. The van der Waals surface area contributed by atoms with Gasteiger partial charge in [-0.1, -0.05) is 0 Å². The zero-order valence-electron chi connectivity index (χ0n) is 15.4. The molecule has 1 saturated carbocycles. The van der Waals surface area contributed by atoms with Crippen LogP contribution in [0.2, 0.25) is 14.8 Å². The van der Waals surface area contributed by atoms with Gasteiger partial charge < -0.3 is 0 Å². The second kappa shape index (κ2) is 6.51. The van der Waals surface area contributed by atoms with E-state index in [0.29, 0.717) is 11.7 Å². The van der Waals surface area contributed by atoms with Gasteiger partial charge in [-0.3, -0.25) is 0 Å². The number of likely N-dealkylation sites (N-methyl/N-ethyl adjacent to an activating group) is 1. The molecule has 1 aromatic rings. The first-order valence-corrected chi connectivity index (χ1v) is 19.2. The predicted octanol–water partition coefficient (Wildman–Crippen LogP) is 3.95. The second-order valence-electron chi connectivity index (χ2n) is 8.73. The third kappa shape index (κ3) is 3.39. The Bertz CT molecular complexity index is 609. The molecule has 1 unspecified atom stereocenters. The van der Waals surface area contributed by atoms with Crippen LogP contribution in [0, 0.1) is 0 Å². The van der Waals surface area contributed by atoms with Crippen LogP contribution in [-0.4, -0.2) is 49.2 Å². The van der Waals surface area contributed by atoms with Crippen LogP contribution in [0.3, 0.4) is 0 Å². The van der Waals surface area contributed by atoms with Gasteiger partial charge in [0, 0.05) is 0 Å². The number of fused-ring (bicyclic) bond motifs is 1. The van der Waals surface area contributed by atoms with Gasteiger partial charge in [-0.15, -0.1) is 0 Å². The molecule has 1 atom stereocenters. The molecular weight excluding hydrogens is 389 g/mol. The van der Waals surface area contributed by atoms with Gasteiger partial charge in [0.2, 0.25) is 0 Å². The molecule has 0 radical (unpaired) electrons. The fraction of sp³-hybridized carbons (Fsp3) is 0.650. The summed E-state index contributed by atoms with van der Waals surface area (Å²) in [5, 5.41) is 0. The summed E-state index contributed by atoms with van der Waals surface area (Å²) in [7, 11) is 4.08. The third-order valence-electron chi connectivity index (χ3n) is 5.75. The summed E-state index contributed by atoms with van der Waals surface area (Å²) < 4.78 is 1.61. The normalized spacial score (nSPS) is 22.7. The molecule has 0 amide bonds. The predicted molar refractivity (Wildman–Crippen MR) is 101 cm³/mol. The SMILES string of the molecule is CN(C)C1Cc2c(cc(C3CCCCC3)c[c]2[Sn]([CH3])([CH3])[CH3])C1=O. The molecule has 126 valence electrons. The minimum absolute atomic E-state index is 0.0546. The third-order valence-corrected chi connectivity index (χ3v) is 11.6. The van der Waals surface area contributed by atoms with Gasteiger partial charge in [-0.25, -0.2) is 0 Å². The van der Waals surface area contributed by atoms with Crippen LogP contribution in [0.1, 0.15) is 59.5 Å². The van der Waals surface area contributed by atoms with Crippen molar-refractivity contribution in [1.29, 1.82) is 0 Å². The number of ketones is 1. The molecular formula is C20H31NOSn. The van der Waals surface area contributed by atoms with Gasteiger partial charge in [0.05, 0.1) is 0 Å². The van der Waals surface area contributed by atoms with E-state index in [1.807, 2.05) is 14.1 Å². The van der Waals surface area contributed by atoms with E-state index < -0.39 is 18.4 Å². The molecule has 0 aromatic heterocycles. The summed E-state index contributed by atoms with van der Waals surface area (Å²) >= 11 is -2.24. The van der Waals surface area contributed by atoms with E-state index in [4.69, 9.17) is 0 Å². The molecule has 2 nitrogen and oxygen atoms in total. The summed E-state index contributed by atoms with van der Waals surface area (Å²) in [6.45, 7) is 0. The number of rotatable bonds is 3. The van der Waals surface area contributed by atoms with Crippen molar-refractivity contribution in [2.75, 3.05) is 14.1 Å². The molecule has 0 spiro atoms. The molecule has 3 rings (SSSR count). The van der Waals surface area contributed by atoms with E-state index in [-0.39, 0.29) is 6.04 Å². The number of hydrogen-bond donors (Lipinski definition) is 0. The number of Topliss-reactive ketones (excluding diaryl/α,β-unsaturated/α-hetero) is 1. The Morgan fingerprint density at radius 1 is 1.04 bits per heavy atom. The Morgan fingerprint density at radius 2 is 1.70 bits per heavy atom. The molecule has 2 aliphatic carbocycles. The second-order valence-corrected chi connectivity index (χ2v) is 23.1. The zero-order valence-corrected chi connectivity index (χ0v) is 18.3. The van der Waals surface area contributed by atoms with Crippen LogP contribution in [-0.2, 0) is 6.42 Å². The monoisotopic (exact) mass is 421 g/mol. The molecule has 2 aliphatic rings. The molecule has 1 aromatic carbocycles. The first kappa shape index (κ1) is 17.5. The maximum absolute atomic E-state index is 12.9. The summed E-state index contributed by atoms with van der Waals surface area (Å²) in [5.74, 6) is 1.05. The van der Waals surface area contributed by atoms with Crippen LogP contribution in [0.25, 0.3) is 0 Å². The van der Waals surface area contributed by atoms with Crippen molar-refractivity contribution in [2.45, 2.75) is 65.3 Å². The van der Waals surface area contributed by atoms with Crippen molar-refractivity contribution >= 4 is 27.7 Å². The molecule has 3 heteroatoms. The number of carbonyl (C=O) groups excluding carboxylic acids is 1. The van der Waals surface area contributed by atoms with Crippen molar-refractivity contribution < 1.29 is 4.79 Å². The number of hydrogen-bond acceptors (Lipinski definition) is 2. The maximum atomic E-state index is 12.9. The fourth-order valence-corrected chi connectivity index (χ4v) is 9.33. The van der Waals surface area contributed by atoms with Gasteiger partial charge in [0.25, 0.3) is 0 Å². The minimum atomic E-state index is -2.24. The molecule has 23 heavy (non-hydrogen) atoms. The van der Waals surface area contributed by atoms with Crippen LogP contribution >= 0.6 is 0 Å². The quantitative estimate of drug-likeness (QED) is 0.691. The number of nitrogens with zero attached hydrogens (tertiary/aromatic N) is 1. The van der Waals surface area contributed by atoms with Crippen LogP contribution < -0.4 is 3.58 Å². The van der Waals surface area contributed by atoms with E-state index in [2.05, 4.69) is 31.9 Å². The number of benzene rings is 1. The van der Waals surface area contributed by atoms with Gasteiger partial charge in [0.1, 0.15) is 0 Å². The molecule has 1 fully saturated rings. The van der Waals surface area contributed by atoms with Gasteiger partial charge >= 0.3 is 146 Å². The average Bonchev–Trinajstić information content (AvgIpc) is 2.84. The van der Waals surface area contributed by atoms with E-state index in [0.717, 1.165) is 12.0 Å². The molecule has 0 bridgehead atoms. The summed E-state index contributed by atoms with van der Waals surface area (Å²) in [5.41, 5.74) is 3.93. The van der Waals surface area contributed by atoms with Crippen LogP contribution in [0.15, 0.2) is 12.1 Å². The van der Waals surface area contributed by atoms with Gasteiger partial charge in [0.15, 0.2) is 0 Å². The van der Waals surface area contributed by atoms with Crippen molar-refractivity contribution in [3.05, 3.63) is 28.8 Å². The Hall–Kier alpha value is -0.351. The molecule has 0 aliphatic heterocycles. The van der Waals surface area contributed by atoms with Crippen molar-refractivity contribution in [1.82, 2.24) is 4.90 Å². The first-order valence-electron chi connectivity index (χ1n) is 9.17.